The fraction of sp³-hybridized carbons (Fsp3) is 0. The van der Waals surface area contributed by atoms with Crippen LogP contribution in [-0.2, 0) is 0 Å². The highest BCUT2D eigenvalue weighted by Gasteiger charge is 2.12. The minimum atomic E-state index is 1.24. The number of fused-ring (bicyclic) bond motifs is 6. The second kappa shape index (κ2) is 9.66. The van der Waals surface area contributed by atoms with Gasteiger partial charge < -0.3 is 0 Å². The molecule has 0 nitrogen and oxygen atoms in total. The van der Waals surface area contributed by atoms with Gasteiger partial charge in [0, 0.05) is 20.2 Å². The molecule has 1 aromatic heterocycles. The number of benzene rings is 8. The maximum absolute atomic E-state index is 2.35. The lowest BCUT2D eigenvalue weighted by atomic mass is 9.95. The number of rotatable bonds is 3. The van der Waals surface area contributed by atoms with E-state index < -0.39 is 0 Å². The molecule has 0 unspecified atom stereocenters. The van der Waals surface area contributed by atoms with Gasteiger partial charge in [-0.05, 0) is 96.0 Å². The average molecular weight is 563 g/mol. The van der Waals surface area contributed by atoms with Crippen molar-refractivity contribution in [2.24, 2.45) is 0 Å². The van der Waals surface area contributed by atoms with Crippen LogP contribution in [-0.4, -0.2) is 0 Å². The highest BCUT2D eigenvalue weighted by Crippen LogP contribution is 2.42. The Balaban J connectivity index is 1.06. The van der Waals surface area contributed by atoms with Crippen LogP contribution in [0.2, 0.25) is 0 Å². The lowest BCUT2D eigenvalue weighted by Gasteiger charge is -2.09. The van der Waals surface area contributed by atoms with Gasteiger partial charge in [-0.1, -0.05) is 127 Å². The Kier molecular flexibility index (Phi) is 5.47. The summed E-state index contributed by atoms with van der Waals surface area (Å²) in [5.41, 5.74) is 7.53. The molecule has 8 aromatic carbocycles. The molecule has 0 aliphatic rings. The van der Waals surface area contributed by atoms with Crippen LogP contribution >= 0.6 is 11.3 Å². The Morgan fingerprint density at radius 1 is 0.302 bits per heavy atom. The summed E-state index contributed by atoms with van der Waals surface area (Å²) in [6.07, 6.45) is 0. The van der Waals surface area contributed by atoms with Crippen LogP contribution in [0.15, 0.2) is 158 Å². The number of hydrogen-bond acceptors (Lipinski definition) is 1. The number of thiophene rings is 1. The molecule has 0 fully saturated rings. The Morgan fingerprint density at radius 2 is 0.791 bits per heavy atom. The Morgan fingerprint density at radius 3 is 1.47 bits per heavy atom. The lowest BCUT2D eigenvalue weighted by molar-refractivity contribution is 1.62. The van der Waals surface area contributed by atoms with Crippen molar-refractivity contribution in [1.82, 2.24) is 0 Å². The minimum Gasteiger partial charge on any atom is -0.135 e. The lowest BCUT2D eigenvalue weighted by Crippen LogP contribution is -1.83. The van der Waals surface area contributed by atoms with Gasteiger partial charge in [0.25, 0.3) is 0 Å². The SMILES string of the molecule is c1ccc2cc(-c3ccc4cc(-c5ccc(-c6cccc7c6sc6cc8ccccc8cc67)cc5)ccc4c3)ccc2c1. The quantitative estimate of drug-likeness (QED) is 0.201. The van der Waals surface area contributed by atoms with Crippen molar-refractivity contribution in [2.75, 3.05) is 0 Å². The van der Waals surface area contributed by atoms with E-state index in [9.17, 15) is 0 Å². The first-order chi connectivity index (χ1) is 21.3. The molecule has 0 radical (unpaired) electrons. The zero-order valence-corrected chi connectivity index (χ0v) is 24.2. The molecule has 0 amide bonds. The van der Waals surface area contributed by atoms with Gasteiger partial charge in [0.1, 0.15) is 0 Å². The number of hydrogen-bond donors (Lipinski definition) is 0. The zero-order valence-electron chi connectivity index (χ0n) is 23.4. The highest BCUT2D eigenvalue weighted by molar-refractivity contribution is 7.26. The maximum atomic E-state index is 2.35. The van der Waals surface area contributed by atoms with Crippen molar-refractivity contribution in [1.29, 1.82) is 0 Å². The molecule has 0 saturated carbocycles. The molecule has 0 bridgehead atoms. The summed E-state index contributed by atoms with van der Waals surface area (Å²) < 4.78 is 2.70. The molecule has 0 spiro atoms. The van der Waals surface area contributed by atoms with Gasteiger partial charge >= 0.3 is 0 Å². The fourth-order valence-corrected chi connectivity index (χ4v) is 7.80. The van der Waals surface area contributed by atoms with Crippen molar-refractivity contribution in [3.05, 3.63) is 158 Å². The predicted molar refractivity (Wildman–Crippen MR) is 188 cm³/mol. The molecular weight excluding hydrogens is 537 g/mol. The second-order valence-electron chi connectivity index (χ2n) is 11.4. The monoisotopic (exact) mass is 562 g/mol. The third-order valence-corrected chi connectivity index (χ3v) is 10.0. The van der Waals surface area contributed by atoms with E-state index in [0.717, 1.165) is 0 Å². The molecule has 1 heterocycles. The zero-order chi connectivity index (χ0) is 28.3. The molecule has 0 N–H and O–H groups in total. The van der Waals surface area contributed by atoms with Crippen molar-refractivity contribution >= 4 is 63.8 Å². The van der Waals surface area contributed by atoms with Crippen molar-refractivity contribution in [3.63, 3.8) is 0 Å². The normalized spacial score (nSPS) is 11.7. The summed E-state index contributed by atoms with van der Waals surface area (Å²) in [4.78, 5) is 0. The second-order valence-corrected chi connectivity index (χ2v) is 12.4. The first-order valence-corrected chi connectivity index (χ1v) is 15.6. The van der Waals surface area contributed by atoms with Crippen LogP contribution in [0.3, 0.4) is 0 Å². The fourth-order valence-electron chi connectivity index (χ4n) is 6.53. The molecule has 0 aliphatic heterocycles. The Labute approximate surface area is 254 Å². The van der Waals surface area contributed by atoms with Gasteiger partial charge in [-0.2, -0.15) is 0 Å². The van der Waals surface area contributed by atoms with Crippen LogP contribution in [0, 0.1) is 0 Å². The van der Waals surface area contributed by atoms with Gasteiger partial charge in [-0.15, -0.1) is 11.3 Å². The van der Waals surface area contributed by atoms with Gasteiger partial charge in [-0.25, -0.2) is 0 Å². The van der Waals surface area contributed by atoms with E-state index in [2.05, 4.69) is 158 Å². The highest BCUT2D eigenvalue weighted by atomic mass is 32.1. The molecule has 9 rings (SSSR count). The van der Waals surface area contributed by atoms with Crippen LogP contribution in [0.4, 0.5) is 0 Å². The van der Waals surface area contributed by atoms with Crippen molar-refractivity contribution < 1.29 is 0 Å². The first-order valence-electron chi connectivity index (χ1n) is 14.7. The predicted octanol–water partition coefficient (Wildman–Crippen LogP) is 12.5. The summed E-state index contributed by atoms with van der Waals surface area (Å²) in [6.45, 7) is 0. The molecule has 200 valence electrons. The Hall–Kier alpha value is -5.24. The summed E-state index contributed by atoms with van der Waals surface area (Å²) in [7, 11) is 0. The molecule has 1 heteroatoms. The van der Waals surface area contributed by atoms with Crippen LogP contribution in [0.1, 0.15) is 0 Å². The third-order valence-electron chi connectivity index (χ3n) is 8.82. The van der Waals surface area contributed by atoms with Gasteiger partial charge in [0.05, 0.1) is 0 Å². The van der Waals surface area contributed by atoms with E-state index in [1.54, 1.807) is 0 Å². The topological polar surface area (TPSA) is 0 Å². The molecule has 0 atom stereocenters. The van der Waals surface area contributed by atoms with Crippen molar-refractivity contribution in [3.8, 4) is 33.4 Å². The first kappa shape index (κ1) is 24.4. The van der Waals surface area contributed by atoms with E-state index in [1.807, 2.05) is 11.3 Å². The molecule has 43 heavy (non-hydrogen) atoms. The molecule has 9 aromatic rings. The Bertz CT molecular complexity index is 2500. The van der Waals surface area contributed by atoms with Crippen LogP contribution in [0.5, 0.6) is 0 Å². The third kappa shape index (κ3) is 4.13. The van der Waals surface area contributed by atoms with Crippen molar-refractivity contribution in [2.45, 2.75) is 0 Å². The van der Waals surface area contributed by atoms with Crippen LogP contribution < -0.4 is 0 Å². The van der Waals surface area contributed by atoms with E-state index in [4.69, 9.17) is 0 Å². The standard InChI is InChI=1S/C42H26S/c1-2-7-30-22-34(17-14-27(30)6-1)37-21-20-35-23-33(18-19-36(35)24-37)28-12-15-29(16-13-28)38-10-5-11-39-40-25-31-8-3-4-9-32(31)26-41(40)43-42(38)39/h1-26H. The molecule has 0 saturated heterocycles. The smallest absolute Gasteiger partial charge is 0.0433 e. The van der Waals surface area contributed by atoms with E-state index in [-0.39, 0.29) is 0 Å². The summed E-state index contributed by atoms with van der Waals surface area (Å²) in [5, 5.41) is 10.3. The van der Waals surface area contributed by atoms with Gasteiger partial charge in [0.15, 0.2) is 0 Å². The van der Waals surface area contributed by atoms with E-state index in [0.29, 0.717) is 0 Å². The van der Waals surface area contributed by atoms with E-state index >= 15 is 0 Å². The van der Waals surface area contributed by atoms with E-state index in [1.165, 1.54) is 85.9 Å². The van der Waals surface area contributed by atoms with Gasteiger partial charge in [0.2, 0.25) is 0 Å². The molecular formula is C42H26S. The molecule has 0 aliphatic carbocycles. The summed E-state index contributed by atoms with van der Waals surface area (Å²) in [6, 6.07) is 58.0. The summed E-state index contributed by atoms with van der Waals surface area (Å²) in [5.74, 6) is 0. The maximum Gasteiger partial charge on any atom is 0.0433 e. The van der Waals surface area contributed by atoms with Gasteiger partial charge in [-0.3, -0.25) is 0 Å². The largest absolute Gasteiger partial charge is 0.135 e. The minimum absolute atomic E-state index is 1.24. The van der Waals surface area contributed by atoms with Crippen LogP contribution in [0.25, 0.3) is 85.9 Å². The average Bonchev–Trinajstić information content (AvgIpc) is 3.44. The summed E-state index contributed by atoms with van der Waals surface area (Å²) >= 11 is 1.90.